The van der Waals surface area contributed by atoms with Gasteiger partial charge >= 0.3 is 0 Å². The van der Waals surface area contributed by atoms with Crippen molar-refractivity contribution in [2.75, 3.05) is 4.90 Å². The van der Waals surface area contributed by atoms with Crippen LogP contribution in [0.4, 0.5) is 17.1 Å². The van der Waals surface area contributed by atoms with E-state index in [-0.39, 0.29) is 10.8 Å². The number of anilines is 3. The van der Waals surface area contributed by atoms with Crippen LogP contribution in [0.5, 0.6) is 0 Å². The highest BCUT2D eigenvalue weighted by molar-refractivity contribution is 6.12. The Bertz CT molecular complexity index is 3050. The van der Waals surface area contributed by atoms with Gasteiger partial charge in [0.05, 0.1) is 11.0 Å². The number of benzene rings is 7. The average Bonchev–Trinajstić information content (AvgIpc) is 3.83. The van der Waals surface area contributed by atoms with E-state index >= 15 is 0 Å². The Morgan fingerprint density at radius 2 is 1.32 bits per heavy atom. The van der Waals surface area contributed by atoms with E-state index in [2.05, 4.69) is 195 Å². The molecule has 0 bridgehead atoms. The van der Waals surface area contributed by atoms with Crippen LogP contribution >= 0.6 is 0 Å². The molecule has 60 heavy (non-hydrogen) atoms. The fraction of sp³-hybridized carbons (Fsp3) is 0.241. The summed E-state index contributed by atoms with van der Waals surface area (Å²) >= 11 is 0. The van der Waals surface area contributed by atoms with Crippen molar-refractivity contribution in [3.63, 3.8) is 0 Å². The molecule has 2 unspecified atom stereocenters. The van der Waals surface area contributed by atoms with Crippen molar-refractivity contribution in [2.45, 2.75) is 83.0 Å². The number of hydrogen-bond acceptors (Lipinski definition) is 1. The van der Waals surface area contributed by atoms with Crippen molar-refractivity contribution in [3.05, 3.63) is 191 Å². The molecule has 0 amide bonds. The van der Waals surface area contributed by atoms with Crippen LogP contribution in [0.25, 0.3) is 49.7 Å². The second kappa shape index (κ2) is 13.2. The fourth-order valence-corrected chi connectivity index (χ4v) is 12.1. The summed E-state index contributed by atoms with van der Waals surface area (Å²) < 4.78 is 2.59. The Labute approximate surface area is 354 Å². The molecule has 8 aromatic rings. The first-order valence-corrected chi connectivity index (χ1v) is 22.4. The summed E-state index contributed by atoms with van der Waals surface area (Å²) in [4.78, 5) is 2.52. The van der Waals surface area contributed by atoms with Gasteiger partial charge in [0.1, 0.15) is 0 Å². The van der Waals surface area contributed by atoms with Gasteiger partial charge in [-0.25, -0.2) is 0 Å². The molecule has 2 nitrogen and oxygen atoms in total. The first-order chi connectivity index (χ1) is 29.3. The molecule has 294 valence electrons. The lowest BCUT2D eigenvalue weighted by atomic mass is 9.73. The van der Waals surface area contributed by atoms with E-state index in [1.54, 1.807) is 11.1 Å². The van der Waals surface area contributed by atoms with Crippen LogP contribution in [0.15, 0.2) is 158 Å². The largest absolute Gasteiger partial charge is 0.310 e. The van der Waals surface area contributed by atoms with Crippen molar-refractivity contribution in [3.8, 4) is 27.9 Å². The molecule has 2 heteroatoms. The molecule has 0 spiro atoms. The van der Waals surface area contributed by atoms with Crippen molar-refractivity contribution >= 4 is 38.9 Å². The normalized spacial score (nSPS) is 19.1. The number of aromatic nitrogens is 1. The molecule has 0 radical (unpaired) electrons. The maximum atomic E-state index is 2.59. The summed E-state index contributed by atoms with van der Waals surface area (Å²) in [7, 11) is 0. The first-order valence-electron chi connectivity index (χ1n) is 22.4. The van der Waals surface area contributed by atoms with E-state index in [1.807, 2.05) is 0 Å². The second-order valence-corrected chi connectivity index (χ2v) is 19.1. The summed E-state index contributed by atoms with van der Waals surface area (Å²) in [6, 6.07) is 55.8. The standard InChI is InChI=1S/C58H52N2/c1-57(2)50-20-12-10-18-45(50)47-30-27-41(34-52(47)57)59(40-25-22-38(23-26-40)37-14-6-5-7-15-37)43-29-32-49-55(36-43)60(54-33-24-39-16-8-9-17-44(39)56(49)54)42-28-31-48-46-19-11-13-21-51(46)58(3,4)53(48)35-42/h5-7,11-15,19-36,45,50H,8-10,16-18H2,1-4H3. The lowest BCUT2D eigenvalue weighted by molar-refractivity contribution is 0.347. The lowest BCUT2D eigenvalue weighted by Gasteiger charge is -2.31. The Kier molecular flexibility index (Phi) is 7.87. The predicted molar refractivity (Wildman–Crippen MR) is 253 cm³/mol. The number of fused-ring (bicyclic) bond motifs is 11. The molecule has 2 atom stereocenters. The Balaban J connectivity index is 1.08. The number of rotatable bonds is 5. The maximum Gasteiger partial charge on any atom is 0.0562 e. The van der Waals surface area contributed by atoms with Gasteiger partial charge in [-0.1, -0.05) is 131 Å². The smallest absolute Gasteiger partial charge is 0.0562 e. The Hall–Kier alpha value is -6.12. The molecule has 4 aliphatic carbocycles. The van der Waals surface area contributed by atoms with Gasteiger partial charge in [0.25, 0.3) is 0 Å². The third-order valence-electron chi connectivity index (χ3n) is 15.2. The maximum absolute atomic E-state index is 2.59. The van der Waals surface area contributed by atoms with E-state index in [0.29, 0.717) is 11.8 Å². The Morgan fingerprint density at radius 1 is 0.583 bits per heavy atom. The summed E-state index contributed by atoms with van der Waals surface area (Å²) in [6.45, 7) is 9.73. The highest BCUT2D eigenvalue weighted by atomic mass is 15.1. The quantitative estimate of drug-likeness (QED) is 0.158. The number of allylic oxidation sites excluding steroid dienone is 2. The zero-order valence-electron chi connectivity index (χ0n) is 35.3. The summed E-state index contributed by atoms with van der Waals surface area (Å²) in [5, 5.41) is 2.78. The second-order valence-electron chi connectivity index (χ2n) is 19.1. The highest BCUT2D eigenvalue weighted by Crippen LogP contribution is 2.56. The van der Waals surface area contributed by atoms with E-state index in [4.69, 9.17) is 0 Å². The molecule has 1 aromatic heterocycles. The fourth-order valence-electron chi connectivity index (χ4n) is 12.1. The van der Waals surface area contributed by atoms with E-state index in [0.717, 1.165) is 6.42 Å². The summed E-state index contributed by atoms with van der Waals surface area (Å²) in [5.74, 6) is 1.13. The van der Waals surface area contributed by atoms with Gasteiger partial charge in [0.2, 0.25) is 0 Å². The number of hydrogen-bond donors (Lipinski definition) is 0. The van der Waals surface area contributed by atoms with Crippen LogP contribution in [-0.4, -0.2) is 4.57 Å². The minimum atomic E-state index is -0.0810. The van der Waals surface area contributed by atoms with Crippen LogP contribution in [0.1, 0.15) is 92.7 Å². The van der Waals surface area contributed by atoms with Gasteiger partial charge < -0.3 is 9.47 Å². The molecule has 12 rings (SSSR count). The zero-order valence-corrected chi connectivity index (χ0v) is 35.3. The summed E-state index contributed by atoms with van der Waals surface area (Å²) in [5.41, 5.74) is 21.5. The van der Waals surface area contributed by atoms with Gasteiger partial charge in [0.15, 0.2) is 0 Å². The average molecular weight is 777 g/mol. The molecule has 1 heterocycles. The van der Waals surface area contributed by atoms with Crippen LogP contribution in [-0.2, 0) is 23.7 Å². The number of aryl methyl sites for hydroxylation is 2. The summed E-state index contributed by atoms with van der Waals surface area (Å²) in [6.07, 6.45) is 12.2. The van der Waals surface area contributed by atoms with Crippen molar-refractivity contribution < 1.29 is 0 Å². The van der Waals surface area contributed by atoms with Gasteiger partial charge in [-0.15, -0.1) is 0 Å². The van der Waals surface area contributed by atoms with E-state index in [1.165, 1.54) is 121 Å². The van der Waals surface area contributed by atoms with Crippen LogP contribution < -0.4 is 4.90 Å². The minimum absolute atomic E-state index is 0.0617. The topological polar surface area (TPSA) is 8.17 Å². The van der Waals surface area contributed by atoms with Gasteiger partial charge in [0, 0.05) is 38.9 Å². The molecule has 0 fully saturated rings. The molecular weight excluding hydrogens is 725 g/mol. The Morgan fingerprint density at radius 3 is 2.18 bits per heavy atom. The molecular formula is C58H52N2. The monoisotopic (exact) mass is 776 g/mol. The molecule has 4 aliphatic rings. The number of nitrogens with zero attached hydrogens (tertiary/aromatic N) is 2. The predicted octanol–water partition coefficient (Wildman–Crippen LogP) is 15.4. The lowest BCUT2D eigenvalue weighted by Crippen LogP contribution is -2.25. The van der Waals surface area contributed by atoms with Crippen LogP contribution in [0.2, 0.25) is 0 Å². The van der Waals surface area contributed by atoms with Gasteiger partial charge in [-0.05, 0) is 166 Å². The zero-order chi connectivity index (χ0) is 40.3. The molecule has 0 saturated carbocycles. The van der Waals surface area contributed by atoms with Crippen molar-refractivity contribution in [1.29, 1.82) is 0 Å². The van der Waals surface area contributed by atoms with Crippen molar-refractivity contribution in [2.24, 2.45) is 5.92 Å². The van der Waals surface area contributed by atoms with E-state index < -0.39 is 0 Å². The molecule has 7 aromatic carbocycles. The highest BCUT2D eigenvalue weighted by Gasteiger charge is 2.45. The van der Waals surface area contributed by atoms with Gasteiger partial charge in [-0.2, -0.15) is 0 Å². The van der Waals surface area contributed by atoms with Gasteiger partial charge in [-0.3, -0.25) is 0 Å². The third kappa shape index (κ3) is 5.19. The molecule has 0 N–H and O–H groups in total. The van der Waals surface area contributed by atoms with Crippen molar-refractivity contribution in [1.82, 2.24) is 4.57 Å². The SMILES string of the molecule is CC1(C)c2ccccc2-c2ccc(-n3c4cc(N(c5ccc(-c6ccccc6)cc5)c5ccc6c(c5)C(C)(C)C5C=CCCC65)ccc4c4c5c(ccc43)CCCC5)cc21. The van der Waals surface area contributed by atoms with Crippen LogP contribution in [0, 0.1) is 5.92 Å². The molecule has 0 saturated heterocycles. The molecule has 0 aliphatic heterocycles. The third-order valence-corrected chi connectivity index (χ3v) is 15.2. The van der Waals surface area contributed by atoms with Crippen LogP contribution in [0.3, 0.4) is 0 Å². The van der Waals surface area contributed by atoms with E-state index in [9.17, 15) is 0 Å². The first kappa shape index (κ1) is 35.8. The minimum Gasteiger partial charge on any atom is -0.310 e.